The highest BCUT2D eigenvalue weighted by Gasteiger charge is 2.16. The molecule has 6 nitrogen and oxygen atoms in total. The summed E-state index contributed by atoms with van der Waals surface area (Å²) in [5, 5.41) is 8.04. The van der Waals surface area contributed by atoms with Gasteiger partial charge in [0, 0.05) is 6.54 Å². The number of hydrogen-bond donors (Lipinski definition) is 2. The second kappa shape index (κ2) is 11.2. The van der Waals surface area contributed by atoms with E-state index in [9.17, 15) is 9.59 Å². The summed E-state index contributed by atoms with van der Waals surface area (Å²) in [6, 6.07) is 16.1. The Morgan fingerprint density at radius 2 is 1.62 bits per heavy atom. The molecule has 0 aliphatic heterocycles. The molecule has 3 rings (SSSR count). The second-order valence-corrected chi connectivity index (χ2v) is 8.36. The first-order valence-electron chi connectivity index (χ1n) is 10.2. The molecule has 3 aromatic rings. The van der Waals surface area contributed by atoms with Crippen molar-refractivity contribution in [3.05, 3.63) is 70.2 Å². The normalized spacial score (nSPS) is 10.9. The summed E-state index contributed by atoms with van der Waals surface area (Å²) in [4.78, 5) is 27.3. The fraction of sp³-hybridized carbons (Fsp3) is 0.250. The summed E-state index contributed by atoms with van der Waals surface area (Å²) in [5.41, 5.74) is 0.693. The summed E-state index contributed by atoms with van der Waals surface area (Å²) in [6.45, 7) is 1.10. The van der Waals surface area contributed by atoms with Gasteiger partial charge in [0.05, 0.1) is 21.3 Å². The van der Waals surface area contributed by atoms with Gasteiger partial charge in [-0.3, -0.25) is 9.59 Å². The lowest BCUT2D eigenvalue weighted by atomic mass is 10.1. The van der Waals surface area contributed by atoms with Crippen molar-refractivity contribution in [1.29, 1.82) is 0 Å². The number of anilines is 1. The Bertz CT molecular complexity index is 1100. The molecule has 2 amide bonds. The standard InChI is InChI=1S/C24H25Cl2N3O3/c1-29(2)12-6-11-27-24(31)18-13-16-7-3-4-8-17(16)14-21(18)32-15-22(30)28-23-19(25)9-5-10-20(23)26/h3-5,7-10,13-14H,6,11-12,15H2,1-2H3,(H,27,31)(H,28,30). The molecule has 0 unspecified atom stereocenters. The Kier molecular flexibility index (Phi) is 8.33. The summed E-state index contributed by atoms with van der Waals surface area (Å²) >= 11 is 12.2. The average Bonchev–Trinajstić information content (AvgIpc) is 2.77. The highest BCUT2D eigenvalue weighted by molar-refractivity contribution is 6.39. The van der Waals surface area contributed by atoms with E-state index in [-0.39, 0.29) is 12.5 Å². The van der Waals surface area contributed by atoms with E-state index in [2.05, 4.69) is 15.5 Å². The van der Waals surface area contributed by atoms with Gasteiger partial charge < -0.3 is 20.3 Å². The minimum atomic E-state index is -0.439. The van der Waals surface area contributed by atoms with Crippen LogP contribution in [-0.4, -0.2) is 50.5 Å². The number of fused-ring (bicyclic) bond motifs is 1. The molecule has 3 aromatic carbocycles. The molecule has 0 saturated carbocycles. The number of hydrogen-bond acceptors (Lipinski definition) is 4. The molecule has 168 valence electrons. The monoisotopic (exact) mass is 473 g/mol. The van der Waals surface area contributed by atoms with Gasteiger partial charge in [0.25, 0.3) is 11.8 Å². The third-order valence-electron chi connectivity index (χ3n) is 4.75. The van der Waals surface area contributed by atoms with Crippen molar-refractivity contribution >= 4 is 51.5 Å². The van der Waals surface area contributed by atoms with Crippen LogP contribution in [0.25, 0.3) is 10.8 Å². The maximum Gasteiger partial charge on any atom is 0.262 e. The minimum Gasteiger partial charge on any atom is -0.483 e. The van der Waals surface area contributed by atoms with Crippen molar-refractivity contribution in [2.75, 3.05) is 39.1 Å². The van der Waals surface area contributed by atoms with E-state index in [1.54, 1.807) is 30.3 Å². The quantitative estimate of drug-likeness (QED) is 0.436. The number of benzene rings is 3. The Hall–Kier alpha value is -2.80. The number of halogens is 2. The lowest BCUT2D eigenvalue weighted by Gasteiger charge is -2.15. The lowest BCUT2D eigenvalue weighted by Crippen LogP contribution is -2.28. The molecule has 0 fully saturated rings. The van der Waals surface area contributed by atoms with Crippen molar-refractivity contribution in [2.24, 2.45) is 0 Å². The zero-order valence-electron chi connectivity index (χ0n) is 18.0. The van der Waals surface area contributed by atoms with Gasteiger partial charge in [0.15, 0.2) is 6.61 Å². The van der Waals surface area contributed by atoms with Gasteiger partial charge in [0.1, 0.15) is 5.75 Å². The number of nitrogens with zero attached hydrogens (tertiary/aromatic N) is 1. The van der Waals surface area contributed by atoms with Crippen LogP contribution >= 0.6 is 23.2 Å². The van der Waals surface area contributed by atoms with Gasteiger partial charge in [0.2, 0.25) is 0 Å². The number of carbonyl (C=O) groups is 2. The van der Waals surface area contributed by atoms with Crippen LogP contribution in [0.15, 0.2) is 54.6 Å². The van der Waals surface area contributed by atoms with E-state index in [0.29, 0.717) is 33.6 Å². The number of carbonyl (C=O) groups excluding carboxylic acids is 2. The molecule has 0 aliphatic carbocycles. The zero-order valence-corrected chi connectivity index (χ0v) is 19.5. The lowest BCUT2D eigenvalue weighted by molar-refractivity contribution is -0.118. The van der Waals surface area contributed by atoms with Gasteiger partial charge in [-0.15, -0.1) is 0 Å². The summed E-state index contributed by atoms with van der Waals surface area (Å²) < 4.78 is 5.76. The Balaban J connectivity index is 1.74. The molecule has 0 bridgehead atoms. The Labute approximate surface area is 197 Å². The van der Waals surface area contributed by atoms with E-state index >= 15 is 0 Å². The highest BCUT2D eigenvalue weighted by atomic mass is 35.5. The molecule has 0 saturated heterocycles. The molecular weight excluding hydrogens is 449 g/mol. The van der Waals surface area contributed by atoms with Gasteiger partial charge in [-0.2, -0.15) is 0 Å². The molecule has 2 N–H and O–H groups in total. The van der Waals surface area contributed by atoms with E-state index in [0.717, 1.165) is 23.7 Å². The van der Waals surface area contributed by atoms with Crippen molar-refractivity contribution in [3.8, 4) is 5.75 Å². The van der Waals surface area contributed by atoms with Crippen LogP contribution < -0.4 is 15.4 Å². The molecule has 0 spiro atoms. The fourth-order valence-corrected chi connectivity index (χ4v) is 3.64. The van der Waals surface area contributed by atoms with Crippen molar-refractivity contribution in [1.82, 2.24) is 10.2 Å². The molecule has 0 aliphatic rings. The number of amides is 2. The zero-order chi connectivity index (χ0) is 23.1. The predicted molar refractivity (Wildman–Crippen MR) is 130 cm³/mol. The van der Waals surface area contributed by atoms with Gasteiger partial charge in [-0.05, 0) is 62.1 Å². The van der Waals surface area contributed by atoms with Gasteiger partial charge in [-0.25, -0.2) is 0 Å². The molecule has 0 atom stereocenters. The topological polar surface area (TPSA) is 70.7 Å². The number of para-hydroxylation sites is 1. The first kappa shape index (κ1) is 23.9. The first-order chi connectivity index (χ1) is 15.3. The summed E-state index contributed by atoms with van der Waals surface area (Å²) in [7, 11) is 3.97. The summed E-state index contributed by atoms with van der Waals surface area (Å²) in [6.07, 6.45) is 0.823. The van der Waals surface area contributed by atoms with Crippen LogP contribution in [0.2, 0.25) is 10.0 Å². The molecule has 0 radical (unpaired) electrons. The third-order valence-corrected chi connectivity index (χ3v) is 5.38. The number of rotatable bonds is 9. The predicted octanol–water partition coefficient (Wildman–Crippen LogP) is 4.85. The van der Waals surface area contributed by atoms with E-state index in [1.165, 1.54) is 0 Å². The first-order valence-corrected chi connectivity index (χ1v) is 10.9. The molecular formula is C24H25Cl2N3O3. The van der Waals surface area contributed by atoms with E-state index in [1.807, 2.05) is 38.4 Å². The molecule has 0 heterocycles. The van der Waals surface area contributed by atoms with Crippen LogP contribution in [-0.2, 0) is 4.79 Å². The van der Waals surface area contributed by atoms with Gasteiger partial charge >= 0.3 is 0 Å². The smallest absolute Gasteiger partial charge is 0.262 e. The Morgan fingerprint density at radius 1 is 0.969 bits per heavy atom. The maximum absolute atomic E-state index is 12.8. The minimum absolute atomic E-state index is 0.251. The van der Waals surface area contributed by atoms with Crippen LogP contribution in [0.3, 0.4) is 0 Å². The van der Waals surface area contributed by atoms with Crippen molar-refractivity contribution < 1.29 is 14.3 Å². The third kappa shape index (κ3) is 6.36. The van der Waals surface area contributed by atoms with Crippen LogP contribution in [0.1, 0.15) is 16.8 Å². The SMILES string of the molecule is CN(C)CCCNC(=O)c1cc2ccccc2cc1OCC(=O)Nc1c(Cl)cccc1Cl. The average molecular weight is 474 g/mol. The van der Waals surface area contributed by atoms with E-state index < -0.39 is 5.91 Å². The summed E-state index contributed by atoms with van der Waals surface area (Å²) in [5.74, 6) is -0.362. The van der Waals surface area contributed by atoms with Crippen molar-refractivity contribution in [3.63, 3.8) is 0 Å². The number of nitrogens with one attached hydrogen (secondary N) is 2. The molecule has 32 heavy (non-hydrogen) atoms. The Morgan fingerprint density at radius 3 is 2.28 bits per heavy atom. The second-order valence-electron chi connectivity index (χ2n) is 7.54. The number of ether oxygens (including phenoxy) is 1. The van der Waals surface area contributed by atoms with Gasteiger partial charge in [-0.1, -0.05) is 53.5 Å². The van der Waals surface area contributed by atoms with Crippen LogP contribution in [0.4, 0.5) is 5.69 Å². The maximum atomic E-state index is 12.8. The largest absolute Gasteiger partial charge is 0.483 e. The fourth-order valence-electron chi connectivity index (χ4n) is 3.14. The molecule has 8 heteroatoms. The van der Waals surface area contributed by atoms with Crippen LogP contribution in [0, 0.1) is 0 Å². The van der Waals surface area contributed by atoms with Crippen LogP contribution in [0.5, 0.6) is 5.75 Å². The highest BCUT2D eigenvalue weighted by Crippen LogP contribution is 2.30. The molecule has 0 aromatic heterocycles. The van der Waals surface area contributed by atoms with Crippen molar-refractivity contribution in [2.45, 2.75) is 6.42 Å². The van der Waals surface area contributed by atoms with E-state index in [4.69, 9.17) is 27.9 Å².